The Balaban J connectivity index is 1.49. The van der Waals surface area contributed by atoms with Crippen molar-refractivity contribution in [2.45, 2.75) is 76.2 Å². The fourth-order valence-corrected chi connectivity index (χ4v) is 2.98. The van der Waals surface area contributed by atoms with Gasteiger partial charge >= 0.3 is 0 Å². The molecule has 0 bridgehead atoms. The summed E-state index contributed by atoms with van der Waals surface area (Å²) in [6, 6.07) is 1.33. The highest BCUT2D eigenvalue weighted by Crippen LogP contribution is 2.26. The summed E-state index contributed by atoms with van der Waals surface area (Å²) in [5.74, 6) is 0. The average Bonchev–Trinajstić information content (AvgIpc) is 3.30. The molecule has 20 heavy (non-hydrogen) atoms. The molecule has 0 spiro atoms. The standard InChI is InChI=1S/C16H32N2O2/c1-13(18(2)14-8-9-14)10-17-11-15(19)12-20-16-6-4-3-5-7-16/h13-17,19H,3-12H2,1-2H3. The lowest BCUT2D eigenvalue weighted by Crippen LogP contribution is -2.42. The van der Waals surface area contributed by atoms with Gasteiger partial charge in [0.25, 0.3) is 0 Å². The van der Waals surface area contributed by atoms with Crippen molar-refractivity contribution in [2.75, 3.05) is 26.7 Å². The van der Waals surface area contributed by atoms with Gasteiger partial charge in [-0.05, 0) is 39.7 Å². The zero-order valence-corrected chi connectivity index (χ0v) is 13.2. The van der Waals surface area contributed by atoms with Crippen LogP contribution < -0.4 is 5.32 Å². The molecule has 4 nitrogen and oxygen atoms in total. The quantitative estimate of drug-likeness (QED) is 0.677. The number of hydrogen-bond donors (Lipinski definition) is 2. The van der Waals surface area contributed by atoms with E-state index in [4.69, 9.17) is 4.74 Å². The van der Waals surface area contributed by atoms with Gasteiger partial charge in [0.05, 0.1) is 18.8 Å². The lowest BCUT2D eigenvalue weighted by molar-refractivity contribution is -0.0232. The predicted molar refractivity (Wildman–Crippen MR) is 81.9 cm³/mol. The number of hydrogen-bond acceptors (Lipinski definition) is 4. The average molecular weight is 284 g/mol. The van der Waals surface area contributed by atoms with E-state index in [2.05, 4.69) is 24.2 Å². The molecule has 4 heteroatoms. The predicted octanol–water partition coefficient (Wildman–Crippen LogP) is 1.77. The highest BCUT2D eigenvalue weighted by Gasteiger charge is 2.28. The minimum atomic E-state index is -0.379. The van der Waals surface area contributed by atoms with E-state index < -0.39 is 0 Å². The molecule has 0 aromatic heterocycles. The minimum Gasteiger partial charge on any atom is -0.389 e. The molecule has 0 aromatic rings. The van der Waals surface area contributed by atoms with Gasteiger partial charge in [-0.25, -0.2) is 0 Å². The molecule has 2 aliphatic carbocycles. The summed E-state index contributed by atoms with van der Waals surface area (Å²) in [5.41, 5.74) is 0. The maximum Gasteiger partial charge on any atom is 0.0897 e. The molecule has 2 atom stereocenters. The van der Waals surface area contributed by atoms with E-state index in [9.17, 15) is 5.11 Å². The zero-order chi connectivity index (χ0) is 14.4. The molecule has 0 heterocycles. The molecule has 0 radical (unpaired) electrons. The van der Waals surface area contributed by atoms with E-state index in [0.29, 0.717) is 25.3 Å². The Morgan fingerprint density at radius 1 is 1.15 bits per heavy atom. The fourth-order valence-electron chi connectivity index (χ4n) is 2.98. The van der Waals surface area contributed by atoms with Gasteiger partial charge in [-0.2, -0.15) is 0 Å². The van der Waals surface area contributed by atoms with E-state index in [1.165, 1.54) is 44.9 Å². The maximum absolute atomic E-state index is 9.95. The normalized spacial score (nSPS) is 24.0. The molecule has 0 saturated heterocycles. The third kappa shape index (κ3) is 5.68. The molecule has 2 aliphatic rings. The van der Waals surface area contributed by atoms with Gasteiger partial charge in [-0.3, -0.25) is 4.90 Å². The van der Waals surface area contributed by atoms with Crippen molar-refractivity contribution in [3.63, 3.8) is 0 Å². The molecule has 0 aromatic carbocycles. The van der Waals surface area contributed by atoms with Crippen LogP contribution in [0.5, 0.6) is 0 Å². The van der Waals surface area contributed by atoms with E-state index in [0.717, 1.165) is 12.6 Å². The lowest BCUT2D eigenvalue weighted by Gasteiger charge is -2.26. The van der Waals surface area contributed by atoms with Crippen LogP contribution in [-0.4, -0.2) is 61.0 Å². The minimum absolute atomic E-state index is 0.379. The molecule has 2 N–H and O–H groups in total. The van der Waals surface area contributed by atoms with Crippen LogP contribution in [0.3, 0.4) is 0 Å². The van der Waals surface area contributed by atoms with Crippen molar-refractivity contribution in [1.82, 2.24) is 10.2 Å². The Kier molecular flexibility index (Phi) is 6.75. The third-order valence-electron chi connectivity index (χ3n) is 4.71. The highest BCUT2D eigenvalue weighted by atomic mass is 16.5. The van der Waals surface area contributed by atoms with Crippen LogP contribution in [0.15, 0.2) is 0 Å². The number of aliphatic hydroxyl groups excluding tert-OH is 1. The molecule has 0 aliphatic heterocycles. The maximum atomic E-state index is 9.95. The SMILES string of the molecule is CC(CNCC(O)COC1CCCCC1)N(C)C1CC1. The van der Waals surface area contributed by atoms with Crippen molar-refractivity contribution < 1.29 is 9.84 Å². The largest absolute Gasteiger partial charge is 0.389 e. The second kappa shape index (κ2) is 8.32. The van der Waals surface area contributed by atoms with Gasteiger partial charge < -0.3 is 15.2 Å². The Bertz CT molecular complexity index is 265. The summed E-state index contributed by atoms with van der Waals surface area (Å²) >= 11 is 0. The molecule has 2 unspecified atom stereocenters. The van der Waals surface area contributed by atoms with Gasteiger partial charge in [0.1, 0.15) is 0 Å². The smallest absolute Gasteiger partial charge is 0.0897 e. The summed E-state index contributed by atoms with van der Waals surface area (Å²) in [5, 5.41) is 13.3. The first kappa shape index (κ1) is 16.2. The van der Waals surface area contributed by atoms with Crippen LogP contribution in [0.2, 0.25) is 0 Å². The number of nitrogens with one attached hydrogen (secondary N) is 1. The van der Waals surface area contributed by atoms with Crippen molar-refractivity contribution in [2.24, 2.45) is 0 Å². The molecule has 2 rings (SSSR count). The summed E-state index contributed by atoms with van der Waals surface area (Å²) in [6.45, 7) is 4.30. The van der Waals surface area contributed by atoms with Crippen LogP contribution in [0.25, 0.3) is 0 Å². The van der Waals surface area contributed by atoms with Gasteiger partial charge in [0, 0.05) is 25.2 Å². The van der Waals surface area contributed by atoms with Crippen molar-refractivity contribution >= 4 is 0 Å². The van der Waals surface area contributed by atoms with Crippen LogP contribution in [0.1, 0.15) is 51.9 Å². The molecule has 2 fully saturated rings. The second-order valence-electron chi connectivity index (χ2n) is 6.65. The van der Waals surface area contributed by atoms with Gasteiger partial charge in [0.15, 0.2) is 0 Å². The monoisotopic (exact) mass is 284 g/mol. The Labute approximate surface area is 123 Å². The molecule has 2 saturated carbocycles. The third-order valence-corrected chi connectivity index (χ3v) is 4.71. The number of ether oxygens (including phenoxy) is 1. The Hall–Kier alpha value is -0.160. The molecule has 0 amide bonds. The van der Waals surface area contributed by atoms with E-state index in [-0.39, 0.29) is 6.10 Å². The first-order valence-corrected chi connectivity index (χ1v) is 8.39. The van der Waals surface area contributed by atoms with Gasteiger partial charge in [-0.15, -0.1) is 0 Å². The molecule has 118 valence electrons. The van der Waals surface area contributed by atoms with Crippen LogP contribution in [-0.2, 0) is 4.74 Å². The van der Waals surface area contributed by atoms with E-state index >= 15 is 0 Å². The summed E-state index contributed by atoms with van der Waals surface area (Å²) in [4.78, 5) is 2.44. The van der Waals surface area contributed by atoms with Crippen molar-refractivity contribution in [3.05, 3.63) is 0 Å². The van der Waals surface area contributed by atoms with Crippen LogP contribution in [0, 0.1) is 0 Å². The van der Waals surface area contributed by atoms with E-state index in [1.54, 1.807) is 0 Å². The number of likely N-dealkylation sites (N-methyl/N-ethyl adjacent to an activating group) is 1. The summed E-state index contributed by atoms with van der Waals surface area (Å²) < 4.78 is 5.80. The Morgan fingerprint density at radius 2 is 1.85 bits per heavy atom. The molecular weight excluding hydrogens is 252 g/mol. The number of rotatable bonds is 9. The first-order chi connectivity index (χ1) is 9.66. The van der Waals surface area contributed by atoms with Gasteiger partial charge in [-0.1, -0.05) is 19.3 Å². The first-order valence-electron chi connectivity index (χ1n) is 8.39. The van der Waals surface area contributed by atoms with Crippen molar-refractivity contribution in [3.8, 4) is 0 Å². The highest BCUT2D eigenvalue weighted by molar-refractivity contribution is 4.85. The Morgan fingerprint density at radius 3 is 2.50 bits per heavy atom. The number of aliphatic hydroxyl groups is 1. The lowest BCUT2D eigenvalue weighted by atomic mass is 9.98. The summed E-state index contributed by atoms with van der Waals surface area (Å²) in [7, 11) is 2.20. The van der Waals surface area contributed by atoms with E-state index in [1.807, 2.05) is 0 Å². The zero-order valence-electron chi connectivity index (χ0n) is 13.2. The van der Waals surface area contributed by atoms with Crippen LogP contribution in [0.4, 0.5) is 0 Å². The fraction of sp³-hybridized carbons (Fsp3) is 1.00. The number of nitrogens with zero attached hydrogens (tertiary/aromatic N) is 1. The summed E-state index contributed by atoms with van der Waals surface area (Å²) in [6.07, 6.45) is 8.95. The van der Waals surface area contributed by atoms with Crippen molar-refractivity contribution in [1.29, 1.82) is 0 Å². The molecular formula is C16H32N2O2. The van der Waals surface area contributed by atoms with Gasteiger partial charge in [0.2, 0.25) is 0 Å². The van der Waals surface area contributed by atoms with Crippen LogP contribution >= 0.6 is 0 Å². The second-order valence-corrected chi connectivity index (χ2v) is 6.65. The topological polar surface area (TPSA) is 44.7 Å².